The lowest BCUT2D eigenvalue weighted by atomic mass is 10.1. The molecule has 6 nitrogen and oxygen atoms in total. The minimum atomic E-state index is -4.38. The number of alkyl halides is 3. The van der Waals surface area contributed by atoms with Crippen molar-refractivity contribution in [2.24, 2.45) is 0 Å². The molecule has 0 bridgehead atoms. The molecule has 152 valence electrons. The Kier molecular flexibility index (Phi) is 6.76. The average molecular weight is 422 g/mol. The lowest BCUT2D eigenvalue weighted by Gasteiger charge is -2.11. The number of carbonyl (C=O) groups excluding carboxylic acids is 1. The van der Waals surface area contributed by atoms with Crippen molar-refractivity contribution in [2.45, 2.75) is 23.6 Å². The van der Waals surface area contributed by atoms with Gasteiger partial charge in [0.1, 0.15) is 12.1 Å². The standard InChI is InChI=1S/C19H17F3N4O2S/c20-19(21,22)11-28-15-7-5-13(6-8-15)9-23-17(27)16-4-2-1-3-14(16)10-29-18-24-12-25-26-18/h1-8,12H,9-11H2,(H,23,27)(H,24,25,26). The number of rotatable bonds is 8. The van der Waals surface area contributed by atoms with Gasteiger partial charge in [-0.1, -0.05) is 42.1 Å². The third-order valence-corrected chi connectivity index (χ3v) is 4.72. The van der Waals surface area contributed by atoms with Crippen LogP contribution in [0, 0.1) is 0 Å². The zero-order valence-electron chi connectivity index (χ0n) is 15.1. The van der Waals surface area contributed by atoms with Crippen molar-refractivity contribution in [1.29, 1.82) is 0 Å². The normalized spacial score (nSPS) is 11.3. The van der Waals surface area contributed by atoms with E-state index in [9.17, 15) is 18.0 Å². The summed E-state index contributed by atoms with van der Waals surface area (Å²) in [6.45, 7) is -1.10. The highest BCUT2D eigenvalue weighted by Crippen LogP contribution is 2.21. The minimum Gasteiger partial charge on any atom is -0.484 e. The van der Waals surface area contributed by atoms with E-state index in [-0.39, 0.29) is 18.2 Å². The number of benzene rings is 2. The van der Waals surface area contributed by atoms with Crippen LogP contribution in [0.1, 0.15) is 21.5 Å². The first-order chi connectivity index (χ1) is 13.9. The summed E-state index contributed by atoms with van der Waals surface area (Å²) in [5.41, 5.74) is 2.14. The number of nitrogens with zero attached hydrogens (tertiary/aromatic N) is 2. The third-order valence-electron chi connectivity index (χ3n) is 3.80. The van der Waals surface area contributed by atoms with Gasteiger partial charge in [-0.3, -0.25) is 9.89 Å². The number of hydrogen-bond acceptors (Lipinski definition) is 5. The predicted octanol–water partition coefficient (Wildman–Crippen LogP) is 3.97. The second-order valence-corrected chi connectivity index (χ2v) is 6.93. The smallest absolute Gasteiger partial charge is 0.422 e. The van der Waals surface area contributed by atoms with E-state index in [4.69, 9.17) is 0 Å². The molecule has 3 aromatic rings. The summed E-state index contributed by atoms with van der Waals surface area (Å²) in [5.74, 6) is 0.424. The summed E-state index contributed by atoms with van der Waals surface area (Å²) in [7, 11) is 0. The fourth-order valence-corrected chi connectivity index (χ4v) is 3.21. The van der Waals surface area contributed by atoms with Crippen molar-refractivity contribution in [1.82, 2.24) is 20.5 Å². The third kappa shape index (κ3) is 6.53. The molecule has 0 saturated heterocycles. The monoisotopic (exact) mass is 422 g/mol. The Morgan fingerprint density at radius 1 is 1.14 bits per heavy atom. The summed E-state index contributed by atoms with van der Waals surface area (Å²) >= 11 is 1.43. The maximum atomic E-state index is 12.6. The molecule has 0 aliphatic heterocycles. The Balaban J connectivity index is 1.55. The maximum Gasteiger partial charge on any atom is 0.422 e. The van der Waals surface area contributed by atoms with Gasteiger partial charge >= 0.3 is 6.18 Å². The van der Waals surface area contributed by atoms with E-state index in [1.54, 1.807) is 24.3 Å². The second-order valence-electron chi connectivity index (χ2n) is 5.97. The van der Waals surface area contributed by atoms with Crippen molar-refractivity contribution in [3.8, 4) is 5.75 Å². The molecular weight excluding hydrogens is 405 g/mol. The highest BCUT2D eigenvalue weighted by Gasteiger charge is 2.28. The topological polar surface area (TPSA) is 79.9 Å². The highest BCUT2D eigenvalue weighted by molar-refractivity contribution is 7.98. The fourth-order valence-electron chi connectivity index (χ4n) is 2.42. The first-order valence-electron chi connectivity index (χ1n) is 8.53. The molecule has 1 heterocycles. The van der Waals surface area contributed by atoms with Crippen LogP contribution in [0.5, 0.6) is 5.75 Å². The summed E-state index contributed by atoms with van der Waals surface area (Å²) < 4.78 is 41.2. The van der Waals surface area contributed by atoms with Gasteiger partial charge in [-0.15, -0.1) is 0 Å². The number of nitrogens with one attached hydrogen (secondary N) is 2. The molecule has 0 fully saturated rings. The molecule has 29 heavy (non-hydrogen) atoms. The Morgan fingerprint density at radius 2 is 1.90 bits per heavy atom. The van der Waals surface area contributed by atoms with Gasteiger partial charge in [0.25, 0.3) is 5.91 Å². The number of amides is 1. The molecule has 0 saturated carbocycles. The van der Waals surface area contributed by atoms with E-state index >= 15 is 0 Å². The Hall–Kier alpha value is -3.01. The van der Waals surface area contributed by atoms with E-state index in [0.717, 1.165) is 11.1 Å². The fraction of sp³-hybridized carbons (Fsp3) is 0.211. The minimum absolute atomic E-state index is 0.118. The summed E-state index contributed by atoms with van der Waals surface area (Å²) in [6, 6.07) is 13.3. The van der Waals surface area contributed by atoms with E-state index in [1.807, 2.05) is 12.1 Å². The number of aromatic nitrogens is 3. The number of halogens is 3. The maximum absolute atomic E-state index is 12.6. The van der Waals surface area contributed by atoms with Crippen LogP contribution in [0.25, 0.3) is 0 Å². The van der Waals surface area contributed by atoms with Gasteiger partial charge in [0.05, 0.1) is 0 Å². The number of H-pyrrole nitrogens is 1. The zero-order chi connectivity index (χ0) is 20.7. The van der Waals surface area contributed by atoms with E-state index < -0.39 is 12.8 Å². The first-order valence-corrected chi connectivity index (χ1v) is 9.52. The number of carbonyl (C=O) groups is 1. The molecule has 2 aromatic carbocycles. The van der Waals surface area contributed by atoms with Crippen molar-refractivity contribution in [2.75, 3.05) is 6.61 Å². The Bertz CT molecular complexity index is 931. The molecule has 0 atom stereocenters. The molecule has 3 rings (SSSR count). The van der Waals surface area contributed by atoms with Crippen molar-refractivity contribution < 1.29 is 22.7 Å². The van der Waals surface area contributed by atoms with Crippen molar-refractivity contribution in [3.63, 3.8) is 0 Å². The van der Waals surface area contributed by atoms with Crippen LogP contribution in [-0.2, 0) is 12.3 Å². The number of ether oxygens (including phenoxy) is 1. The molecule has 0 spiro atoms. The van der Waals surface area contributed by atoms with Crippen LogP contribution in [-0.4, -0.2) is 33.9 Å². The zero-order valence-corrected chi connectivity index (χ0v) is 15.9. The van der Waals surface area contributed by atoms with Gasteiger partial charge in [-0.25, -0.2) is 4.98 Å². The molecule has 2 N–H and O–H groups in total. The van der Waals surface area contributed by atoms with Gasteiger partial charge in [-0.05, 0) is 29.3 Å². The largest absolute Gasteiger partial charge is 0.484 e. The van der Waals surface area contributed by atoms with Crippen molar-refractivity contribution in [3.05, 3.63) is 71.5 Å². The summed E-state index contributed by atoms with van der Waals surface area (Å²) in [5, 5.41) is 10.0. The van der Waals surface area contributed by atoms with E-state index in [0.29, 0.717) is 16.5 Å². The molecule has 1 amide bonds. The molecule has 0 aliphatic carbocycles. The van der Waals surface area contributed by atoms with Crippen LogP contribution in [0.4, 0.5) is 13.2 Å². The highest BCUT2D eigenvalue weighted by atomic mass is 32.2. The molecule has 0 aliphatic rings. The number of hydrogen-bond donors (Lipinski definition) is 2. The number of aromatic amines is 1. The predicted molar refractivity (Wildman–Crippen MR) is 102 cm³/mol. The van der Waals surface area contributed by atoms with Gasteiger partial charge < -0.3 is 10.1 Å². The van der Waals surface area contributed by atoms with E-state index in [2.05, 4.69) is 25.2 Å². The van der Waals surface area contributed by atoms with Crippen LogP contribution >= 0.6 is 11.8 Å². The summed E-state index contributed by atoms with van der Waals surface area (Å²) in [4.78, 5) is 16.6. The molecule has 1 aromatic heterocycles. The quantitative estimate of drug-likeness (QED) is 0.537. The lowest BCUT2D eigenvalue weighted by molar-refractivity contribution is -0.153. The number of thioether (sulfide) groups is 1. The average Bonchev–Trinajstić information content (AvgIpc) is 3.23. The SMILES string of the molecule is O=C(NCc1ccc(OCC(F)(F)F)cc1)c1ccccc1CSc1ncn[nH]1. The molecule has 10 heteroatoms. The molecular formula is C19H17F3N4O2S. The van der Waals surface area contributed by atoms with Crippen LogP contribution in [0.2, 0.25) is 0 Å². The lowest BCUT2D eigenvalue weighted by Crippen LogP contribution is -2.24. The summed E-state index contributed by atoms with van der Waals surface area (Å²) in [6.07, 6.45) is -2.97. The Labute approximate surface area is 168 Å². The van der Waals surface area contributed by atoms with Crippen LogP contribution < -0.4 is 10.1 Å². The second kappa shape index (κ2) is 9.46. The van der Waals surface area contributed by atoms with Crippen molar-refractivity contribution >= 4 is 17.7 Å². The first kappa shape index (κ1) is 20.7. The Morgan fingerprint density at radius 3 is 2.59 bits per heavy atom. The van der Waals surface area contributed by atoms with Gasteiger partial charge in [0, 0.05) is 17.9 Å². The van der Waals surface area contributed by atoms with Gasteiger partial charge in [0.2, 0.25) is 0 Å². The van der Waals surface area contributed by atoms with Gasteiger partial charge in [-0.2, -0.15) is 18.3 Å². The van der Waals surface area contributed by atoms with Crippen LogP contribution in [0.3, 0.4) is 0 Å². The van der Waals surface area contributed by atoms with E-state index in [1.165, 1.54) is 30.2 Å². The molecule has 0 unspecified atom stereocenters. The van der Waals surface area contributed by atoms with Gasteiger partial charge in [0.15, 0.2) is 11.8 Å². The van der Waals surface area contributed by atoms with Crippen LogP contribution in [0.15, 0.2) is 60.0 Å². The molecule has 0 radical (unpaired) electrons.